The summed E-state index contributed by atoms with van der Waals surface area (Å²) in [5.41, 5.74) is 0. The Labute approximate surface area is 148 Å². The van der Waals surface area contributed by atoms with Crippen molar-refractivity contribution in [3.63, 3.8) is 0 Å². The molecular weight excluding hydrogens is 479 g/mol. The SMILES string of the molecule is CCCCOP(=S)(CC(C)CCC)OCC(Br)(Br)Br. The van der Waals surface area contributed by atoms with Crippen molar-refractivity contribution in [3.05, 3.63) is 0 Å². The molecular formula is C12H24Br3O2PS. The van der Waals surface area contributed by atoms with Crippen molar-refractivity contribution in [1.29, 1.82) is 0 Å². The number of rotatable bonds is 10. The molecule has 116 valence electrons. The molecule has 0 aliphatic heterocycles. The van der Waals surface area contributed by atoms with Crippen LogP contribution in [-0.4, -0.2) is 21.5 Å². The van der Waals surface area contributed by atoms with Gasteiger partial charge in [0, 0.05) is 6.16 Å². The van der Waals surface area contributed by atoms with E-state index >= 15 is 0 Å². The van der Waals surface area contributed by atoms with E-state index in [-0.39, 0.29) is 0 Å². The Morgan fingerprint density at radius 2 is 1.79 bits per heavy atom. The Balaban J connectivity index is 4.48. The highest BCUT2D eigenvalue weighted by atomic mass is 80.0. The third kappa shape index (κ3) is 12.3. The minimum Gasteiger partial charge on any atom is -0.329 e. The topological polar surface area (TPSA) is 18.5 Å². The first-order valence-electron chi connectivity index (χ1n) is 6.67. The summed E-state index contributed by atoms with van der Waals surface area (Å²) in [4.78, 5) is 0. The lowest BCUT2D eigenvalue weighted by atomic mass is 10.1. The van der Waals surface area contributed by atoms with Gasteiger partial charge in [0.25, 0.3) is 0 Å². The van der Waals surface area contributed by atoms with Crippen molar-refractivity contribution in [2.24, 2.45) is 5.92 Å². The number of unbranched alkanes of at least 4 members (excludes halogenated alkanes) is 1. The molecule has 2 nitrogen and oxygen atoms in total. The third-order valence-electron chi connectivity index (χ3n) is 2.53. The summed E-state index contributed by atoms with van der Waals surface area (Å²) in [6.07, 6.45) is 5.33. The molecule has 19 heavy (non-hydrogen) atoms. The maximum absolute atomic E-state index is 5.92. The van der Waals surface area contributed by atoms with Crippen molar-refractivity contribution >= 4 is 66.1 Å². The molecule has 0 aliphatic rings. The van der Waals surface area contributed by atoms with Gasteiger partial charge < -0.3 is 9.05 Å². The number of hydrogen-bond donors (Lipinski definition) is 0. The Kier molecular flexibility index (Phi) is 11.8. The number of hydrogen-bond acceptors (Lipinski definition) is 3. The summed E-state index contributed by atoms with van der Waals surface area (Å²) < 4.78 is 11.4. The molecule has 7 heteroatoms. The van der Waals surface area contributed by atoms with Crippen LogP contribution < -0.4 is 0 Å². The zero-order valence-electron chi connectivity index (χ0n) is 11.8. The second-order valence-corrected chi connectivity index (χ2v) is 15.8. The Bertz CT molecular complexity index is 285. The van der Waals surface area contributed by atoms with E-state index in [0.29, 0.717) is 19.1 Å². The summed E-state index contributed by atoms with van der Waals surface area (Å²) in [6, 6.07) is 0. The van der Waals surface area contributed by atoms with Crippen LogP contribution in [0.15, 0.2) is 0 Å². The Morgan fingerprint density at radius 3 is 2.26 bits per heavy atom. The van der Waals surface area contributed by atoms with Crippen molar-refractivity contribution in [1.82, 2.24) is 0 Å². The Hall–Kier alpha value is 2.01. The first kappa shape index (κ1) is 21.0. The summed E-state index contributed by atoms with van der Waals surface area (Å²) in [6.45, 7) is 5.52. The quantitative estimate of drug-likeness (QED) is 0.195. The van der Waals surface area contributed by atoms with Gasteiger partial charge in [-0.15, -0.1) is 0 Å². The van der Waals surface area contributed by atoms with Crippen LogP contribution in [0.1, 0.15) is 46.5 Å². The van der Waals surface area contributed by atoms with E-state index in [1.54, 1.807) is 0 Å². The highest BCUT2D eigenvalue weighted by Crippen LogP contribution is 2.53. The van der Waals surface area contributed by atoms with Crippen LogP contribution >= 0.6 is 54.3 Å². The van der Waals surface area contributed by atoms with Crippen molar-refractivity contribution < 1.29 is 9.05 Å². The smallest absolute Gasteiger partial charge is 0.189 e. The molecule has 0 radical (unpaired) electrons. The molecule has 2 unspecified atom stereocenters. The maximum Gasteiger partial charge on any atom is 0.189 e. The van der Waals surface area contributed by atoms with E-state index in [4.69, 9.17) is 20.9 Å². The fourth-order valence-electron chi connectivity index (χ4n) is 1.63. The lowest BCUT2D eigenvalue weighted by Gasteiger charge is -2.27. The Morgan fingerprint density at radius 1 is 1.16 bits per heavy atom. The molecule has 0 saturated carbocycles. The minimum absolute atomic E-state index is 0.417. The first-order valence-corrected chi connectivity index (χ1v) is 11.9. The molecule has 0 aromatic heterocycles. The van der Waals surface area contributed by atoms with Gasteiger partial charge in [0.05, 0.1) is 13.2 Å². The average molecular weight is 503 g/mol. The molecule has 0 aromatic carbocycles. The highest BCUT2D eigenvalue weighted by Gasteiger charge is 2.27. The van der Waals surface area contributed by atoms with Crippen molar-refractivity contribution in [2.45, 2.75) is 48.6 Å². The van der Waals surface area contributed by atoms with E-state index in [1.165, 1.54) is 12.8 Å². The van der Waals surface area contributed by atoms with Crippen LogP contribution in [0.2, 0.25) is 0 Å². The fourth-order valence-corrected chi connectivity index (χ4v) is 5.68. The number of halogens is 3. The van der Waals surface area contributed by atoms with Gasteiger partial charge >= 0.3 is 0 Å². The van der Waals surface area contributed by atoms with Crippen LogP contribution in [0.25, 0.3) is 0 Å². The van der Waals surface area contributed by atoms with E-state index < -0.39 is 8.63 Å². The molecule has 0 heterocycles. The van der Waals surface area contributed by atoms with Gasteiger partial charge in [-0.1, -0.05) is 87.8 Å². The average Bonchev–Trinajstić information content (AvgIpc) is 2.26. The number of alkyl halides is 3. The first-order chi connectivity index (χ1) is 8.72. The van der Waals surface area contributed by atoms with Crippen molar-refractivity contribution in [3.8, 4) is 0 Å². The van der Waals surface area contributed by atoms with Crippen LogP contribution in [0.5, 0.6) is 0 Å². The van der Waals surface area contributed by atoms with E-state index in [0.717, 1.165) is 19.0 Å². The van der Waals surface area contributed by atoms with Gasteiger partial charge in [-0.3, -0.25) is 0 Å². The van der Waals surface area contributed by atoms with Gasteiger partial charge in [0.1, 0.15) is 0 Å². The molecule has 2 atom stereocenters. The molecule has 0 bridgehead atoms. The molecule has 0 spiro atoms. The largest absolute Gasteiger partial charge is 0.329 e. The van der Waals surface area contributed by atoms with Crippen LogP contribution in [0.3, 0.4) is 0 Å². The second-order valence-electron chi connectivity index (χ2n) is 4.76. The second kappa shape index (κ2) is 10.7. The molecule has 0 saturated heterocycles. The fraction of sp³-hybridized carbons (Fsp3) is 1.00. The van der Waals surface area contributed by atoms with Gasteiger partial charge in [-0.05, 0) is 24.1 Å². The molecule has 0 amide bonds. The predicted molar refractivity (Wildman–Crippen MR) is 99.5 cm³/mol. The summed E-state index contributed by atoms with van der Waals surface area (Å²) in [7, 11) is 0. The third-order valence-corrected chi connectivity index (χ3v) is 6.46. The van der Waals surface area contributed by atoms with Gasteiger partial charge in [-0.25, -0.2) is 0 Å². The van der Waals surface area contributed by atoms with Crippen LogP contribution in [0, 0.1) is 5.92 Å². The lowest BCUT2D eigenvalue weighted by molar-refractivity contribution is 0.247. The van der Waals surface area contributed by atoms with Gasteiger partial charge in [-0.2, -0.15) is 0 Å². The van der Waals surface area contributed by atoms with Crippen LogP contribution in [0.4, 0.5) is 0 Å². The minimum atomic E-state index is -2.19. The molecule has 0 fully saturated rings. The maximum atomic E-state index is 5.92. The highest BCUT2D eigenvalue weighted by molar-refractivity contribution is 9.39. The summed E-state index contributed by atoms with van der Waals surface area (Å²) in [5, 5.41) is 0. The summed E-state index contributed by atoms with van der Waals surface area (Å²) >= 11 is 16.0. The molecule has 0 rings (SSSR count). The van der Waals surface area contributed by atoms with E-state index in [9.17, 15) is 0 Å². The molecule has 0 aromatic rings. The van der Waals surface area contributed by atoms with Crippen LogP contribution in [-0.2, 0) is 20.9 Å². The zero-order valence-corrected chi connectivity index (χ0v) is 18.3. The normalized spacial score (nSPS) is 17.2. The van der Waals surface area contributed by atoms with E-state index in [2.05, 4.69) is 68.6 Å². The predicted octanol–water partition coefficient (Wildman–Crippen LogP) is 6.40. The van der Waals surface area contributed by atoms with Gasteiger partial charge in [0.15, 0.2) is 8.63 Å². The standard InChI is InChI=1S/C12H24Br3O2PS/c1-4-6-8-16-18(19,9-11(3)7-5-2)17-10-12(13,14)15/h11H,4-10H2,1-3H3. The zero-order chi connectivity index (χ0) is 14.9. The summed E-state index contributed by atoms with van der Waals surface area (Å²) in [5.74, 6) is 0.549. The van der Waals surface area contributed by atoms with Crippen molar-refractivity contribution in [2.75, 3.05) is 19.4 Å². The monoisotopic (exact) mass is 500 g/mol. The lowest BCUT2D eigenvalue weighted by Crippen LogP contribution is -2.14. The molecule has 0 N–H and O–H groups in total. The van der Waals surface area contributed by atoms with E-state index in [1.807, 2.05) is 0 Å². The van der Waals surface area contributed by atoms with Gasteiger partial charge in [0.2, 0.25) is 0 Å². The molecule has 0 aliphatic carbocycles.